The second kappa shape index (κ2) is 8.30. The van der Waals surface area contributed by atoms with Gasteiger partial charge in [-0.15, -0.1) is 0 Å². The highest BCUT2D eigenvalue weighted by Gasteiger charge is 2.38. The van der Waals surface area contributed by atoms with Crippen molar-refractivity contribution in [3.63, 3.8) is 0 Å². The third kappa shape index (κ3) is 5.96. The van der Waals surface area contributed by atoms with Gasteiger partial charge < -0.3 is 8.84 Å². The first-order valence-corrected chi connectivity index (χ1v) is 12.4. The number of carbonyl (C=O) groups excluding carboxylic acids is 1. The van der Waals surface area contributed by atoms with Gasteiger partial charge in [0, 0.05) is 6.42 Å². The molecule has 4 heteroatoms. The predicted octanol–water partition coefficient (Wildman–Crippen LogP) is 6.58. The molecule has 0 unspecified atom stereocenters. The molecule has 0 atom stereocenters. The quantitative estimate of drug-likeness (QED) is 0.400. The standard InChI is InChI=1S/C23H32O3Si/c1-17(22-15-8-18(2)25-22)16-20(24)12-9-19-10-13-21(14-11-19)26-27(6,7)23(3,4)5/h8,10-11,13-16H,9,12H2,1-7H3/b17-16+. The van der Waals surface area contributed by atoms with Crippen LogP contribution in [0.15, 0.2) is 46.9 Å². The molecule has 0 spiro atoms. The Labute approximate surface area is 164 Å². The van der Waals surface area contributed by atoms with Gasteiger partial charge in [-0.3, -0.25) is 4.79 Å². The number of furan rings is 1. The first-order valence-electron chi connectivity index (χ1n) is 9.54. The number of carbonyl (C=O) groups is 1. The maximum Gasteiger partial charge on any atom is 0.250 e. The number of aryl methyl sites for hydroxylation is 2. The van der Waals surface area contributed by atoms with Crippen molar-refractivity contribution >= 4 is 19.7 Å². The first kappa shape index (κ1) is 21.2. The van der Waals surface area contributed by atoms with E-state index in [0.29, 0.717) is 6.42 Å². The number of hydrogen-bond donors (Lipinski definition) is 0. The Bertz CT molecular complexity index is 805. The molecule has 27 heavy (non-hydrogen) atoms. The summed E-state index contributed by atoms with van der Waals surface area (Å²) in [7, 11) is -1.82. The monoisotopic (exact) mass is 384 g/mol. The van der Waals surface area contributed by atoms with Crippen LogP contribution in [0.5, 0.6) is 5.75 Å². The van der Waals surface area contributed by atoms with Crippen LogP contribution >= 0.6 is 0 Å². The van der Waals surface area contributed by atoms with Gasteiger partial charge in [-0.25, -0.2) is 0 Å². The molecule has 0 fully saturated rings. The van der Waals surface area contributed by atoms with Crippen molar-refractivity contribution in [3.05, 3.63) is 59.6 Å². The molecule has 0 amide bonds. The van der Waals surface area contributed by atoms with Crippen LogP contribution in [0.25, 0.3) is 5.57 Å². The van der Waals surface area contributed by atoms with E-state index in [1.54, 1.807) is 6.08 Å². The SMILES string of the molecule is C/C(=C\C(=O)CCc1ccc(O[Si](C)(C)C(C)(C)C)cc1)c1ccc(C)o1. The van der Waals surface area contributed by atoms with Crippen LogP contribution in [0, 0.1) is 6.92 Å². The normalized spacial score (nSPS) is 12.9. The van der Waals surface area contributed by atoms with Gasteiger partial charge in [0.2, 0.25) is 8.32 Å². The molecule has 0 N–H and O–H groups in total. The van der Waals surface area contributed by atoms with Gasteiger partial charge in [0.15, 0.2) is 5.78 Å². The third-order valence-corrected chi connectivity index (χ3v) is 9.63. The lowest BCUT2D eigenvalue weighted by Gasteiger charge is -2.36. The second-order valence-electron chi connectivity index (χ2n) is 8.71. The molecule has 1 aromatic carbocycles. The maximum atomic E-state index is 12.2. The van der Waals surface area contributed by atoms with Crippen LogP contribution in [-0.2, 0) is 11.2 Å². The van der Waals surface area contributed by atoms with E-state index in [0.717, 1.165) is 34.8 Å². The Morgan fingerprint density at radius 1 is 1.11 bits per heavy atom. The summed E-state index contributed by atoms with van der Waals surface area (Å²) < 4.78 is 11.9. The van der Waals surface area contributed by atoms with E-state index in [1.165, 1.54) is 0 Å². The topological polar surface area (TPSA) is 39.4 Å². The van der Waals surface area contributed by atoms with Crippen molar-refractivity contribution in [1.82, 2.24) is 0 Å². The summed E-state index contributed by atoms with van der Waals surface area (Å²) in [6, 6.07) is 12.0. The summed E-state index contributed by atoms with van der Waals surface area (Å²) in [4.78, 5) is 12.2. The Hall–Kier alpha value is -2.07. The fraction of sp³-hybridized carbons (Fsp3) is 0.435. The highest BCUT2D eigenvalue weighted by atomic mass is 28.4. The average Bonchev–Trinajstić information content (AvgIpc) is 2.99. The number of rotatable bonds is 7. The summed E-state index contributed by atoms with van der Waals surface area (Å²) >= 11 is 0. The smallest absolute Gasteiger partial charge is 0.250 e. The summed E-state index contributed by atoms with van der Waals surface area (Å²) in [6.45, 7) is 15.0. The van der Waals surface area contributed by atoms with Gasteiger partial charge in [0.05, 0.1) is 0 Å². The minimum absolute atomic E-state index is 0.114. The molecule has 146 valence electrons. The van der Waals surface area contributed by atoms with E-state index in [2.05, 4.69) is 46.0 Å². The molecular formula is C23H32O3Si. The molecule has 3 nitrogen and oxygen atoms in total. The Morgan fingerprint density at radius 2 is 1.74 bits per heavy atom. The van der Waals surface area contributed by atoms with Gasteiger partial charge in [-0.1, -0.05) is 32.9 Å². The van der Waals surface area contributed by atoms with Crippen LogP contribution in [-0.4, -0.2) is 14.1 Å². The van der Waals surface area contributed by atoms with Crippen molar-refractivity contribution in [1.29, 1.82) is 0 Å². The highest BCUT2D eigenvalue weighted by Crippen LogP contribution is 2.37. The van der Waals surface area contributed by atoms with Crippen molar-refractivity contribution in [2.24, 2.45) is 0 Å². The van der Waals surface area contributed by atoms with E-state index in [-0.39, 0.29) is 10.8 Å². The molecule has 0 aliphatic carbocycles. The molecule has 0 radical (unpaired) electrons. The number of allylic oxidation sites excluding steroid dienone is 2. The summed E-state index contributed by atoms with van der Waals surface area (Å²) in [5, 5.41) is 0.175. The molecule has 0 bridgehead atoms. The van der Waals surface area contributed by atoms with Gasteiger partial charge in [0.25, 0.3) is 0 Å². The van der Waals surface area contributed by atoms with Crippen LogP contribution in [0.4, 0.5) is 0 Å². The minimum Gasteiger partial charge on any atom is -0.544 e. The first-order chi connectivity index (χ1) is 12.5. The van der Waals surface area contributed by atoms with Crippen molar-refractivity contribution < 1.29 is 13.6 Å². The third-order valence-electron chi connectivity index (χ3n) is 5.27. The Morgan fingerprint density at radius 3 is 2.26 bits per heavy atom. The summed E-state index contributed by atoms with van der Waals surface area (Å²) in [5.74, 6) is 2.64. The molecular weight excluding hydrogens is 352 g/mol. The van der Waals surface area contributed by atoms with Crippen LogP contribution < -0.4 is 4.43 Å². The Kier molecular flexibility index (Phi) is 6.53. The average molecular weight is 385 g/mol. The molecule has 0 saturated heterocycles. The van der Waals surface area contributed by atoms with Crippen LogP contribution in [0.3, 0.4) is 0 Å². The van der Waals surface area contributed by atoms with Crippen LogP contribution in [0.2, 0.25) is 18.1 Å². The minimum atomic E-state index is -1.82. The number of benzene rings is 1. The summed E-state index contributed by atoms with van der Waals surface area (Å²) in [6.07, 6.45) is 2.88. The zero-order valence-corrected chi connectivity index (χ0v) is 18.7. The zero-order chi connectivity index (χ0) is 20.2. The van der Waals surface area contributed by atoms with E-state index >= 15 is 0 Å². The van der Waals surface area contributed by atoms with Crippen molar-refractivity contribution in [3.8, 4) is 5.75 Å². The largest absolute Gasteiger partial charge is 0.544 e. The number of ketones is 1. The molecule has 0 aliphatic heterocycles. The molecule has 2 aromatic rings. The van der Waals surface area contributed by atoms with E-state index in [9.17, 15) is 4.79 Å². The maximum absolute atomic E-state index is 12.2. The lowest BCUT2D eigenvalue weighted by molar-refractivity contribution is -0.114. The van der Waals surface area contributed by atoms with E-state index in [4.69, 9.17) is 8.84 Å². The predicted molar refractivity (Wildman–Crippen MR) is 115 cm³/mol. The molecule has 0 aliphatic rings. The Balaban J connectivity index is 1.92. The van der Waals surface area contributed by atoms with Gasteiger partial charge in [-0.2, -0.15) is 0 Å². The van der Waals surface area contributed by atoms with E-state index < -0.39 is 8.32 Å². The lowest BCUT2D eigenvalue weighted by atomic mass is 10.1. The summed E-state index contributed by atoms with van der Waals surface area (Å²) in [5.41, 5.74) is 2.01. The fourth-order valence-electron chi connectivity index (χ4n) is 2.47. The van der Waals surface area contributed by atoms with Crippen molar-refractivity contribution in [2.75, 3.05) is 0 Å². The zero-order valence-electron chi connectivity index (χ0n) is 17.7. The van der Waals surface area contributed by atoms with Crippen LogP contribution in [0.1, 0.15) is 51.2 Å². The molecule has 1 aromatic heterocycles. The number of hydrogen-bond acceptors (Lipinski definition) is 3. The molecule has 2 rings (SSSR count). The molecule has 1 heterocycles. The lowest BCUT2D eigenvalue weighted by Crippen LogP contribution is -2.43. The molecule has 0 saturated carbocycles. The fourth-order valence-corrected chi connectivity index (χ4v) is 3.50. The van der Waals surface area contributed by atoms with Gasteiger partial charge in [-0.05, 0) is 79.9 Å². The second-order valence-corrected chi connectivity index (χ2v) is 13.4. The van der Waals surface area contributed by atoms with E-state index in [1.807, 2.05) is 38.1 Å². The highest BCUT2D eigenvalue weighted by molar-refractivity contribution is 6.74. The van der Waals surface area contributed by atoms with Gasteiger partial charge in [0.1, 0.15) is 17.3 Å². The van der Waals surface area contributed by atoms with Crippen molar-refractivity contribution in [2.45, 2.75) is 65.6 Å². The van der Waals surface area contributed by atoms with Gasteiger partial charge >= 0.3 is 0 Å².